The summed E-state index contributed by atoms with van der Waals surface area (Å²) in [6, 6.07) is 9.46. The van der Waals surface area contributed by atoms with Gasteiger partial charge in [-0.1, -0.05) is 18.2 Å². The molecule has 1 atom stereocenters. The molecular formula is C16H15NO3S. The summed E-state index contributed by atoms with van der Waals surface area (Å²) < 4.78 is 4.89. The van der Waals surface area contributed by atoms with Crippen molar-refractivity contribution in [2.24, 2.45) is 0 Å². The second kappa shape index (κ2) is 5.69. The molecular weight excluding hydrogens is 286 g/mol. The Labute approximate surface area is 127 Å². The molecule has 1 aromatic carbocycles. The van der Waals surface area contributed by atoms with Crippen molar-refractivity contribution in [1.29, 1.82) is 0 Å². The highest BCUT2D eigenvalue weighted by Gasteiger charge is 2.32. The van der Waals surface area contributed by atoms with Gasteiger partial charge in [0.1, 0.15) is 5.92 Å². The van der Waals surface area contributed by atoms with E-state index in [9.17, 15) is 9.59 Å². The number of methoxy groups -OCH3 is 1. The van der Waals surface area contributed by atoms with Crippen LogP contribution in [0.15, 0.2) is 41.1 Å². The number of benzene rings is 1. The number of thiophene rings is 1. The zero-order valence-corrected chi connectivity index (χ0v) is 12.4. The molecule has 0 bridgehead atoms. The third kappa shape index (κ3) is 2.56. The molecule has 0 fully saturated rings. The van der Waals surface area contributed by atoms with Crippen molar-refractivity contribution < 1.29 is 14.3 Å². The molecule has 1 aliphatic rings. The molecule has 2 aromatic rings. The summed E-state index contributed by atoms with van der Waals surface area (Å²) in [7, 11) is 1.38. The van der Waals surface area contributed by atoms with Crippen molar-refractivity contribution in [2.45, 2.75) is 12.5 Å². The lowest BCUT2D eigenvalue weighted by molar-refractivity contribution is -0.142. The van der Waals surface area contributed by atoms with Crippen molar-refractivity contribution in [2.75, 3.05) is 13.7 Å². The third-order valence-corrected chi connectivity index (χ3v) is 4.43. The Kier molecular flexibility index (Phi) is 3.75. The summed E-state index contributed by atoms with van der Waals surface area (Å²) in [5, 5.41) is 3.85. The summed E-state index contributed by atoms with van der Waals surface area (Å²) in [5.74, 6) is -0.758. The van der Waals surface area contributed by atoms with Crippen molar-refractivity contribution in [1.82, 2.24) is 4.90 Å². The number of carbonyl (C=O) groups excluding carboxylic acids is 2. The van der Waals surface area contributed by atoms with Gasteiger partial charge in [0.2, 0.25) is 0 Å². The summed E-state index contributed by atoms with van der Waals surface area (Å²) in [6.07, 6.45) is 0. The van der Waals surface area contributed by atoms with E-state index in [0.29, 0.717) is 13.1 Å². The number of hydrogen-bond acceptors (Lipinski definition) is 4. The smallest absolute Gasteiger partial charge is 0.314 e. The van der Waals surface area contributed by atoms with E-state index in [4.69, 9.17) is 4.74 Å². The van der Waals surface area contributed by atoms with Crippen LogP contribution < -0.4 is 0 Å². The number of carbonyl (C=O) groups is 2. The van der Waals surface area contributed by atoms with E-state index < -0.39 is 5.92 Å². The largest absolute Gasteiger partial charge is 0.468 e. The van der Waals surface area contributed by atoms with Crippen LogP contribution in [-0.4, -0.2) is 30.4 Å². The highest BCUT2D eigenvalue weighted by Crippen LogP contribution is 2.27. The standard InChI is InChI=1S/C16H15NO3S/c1-20-16(19)14(12-6-7-21-10-12)9-17-8-11-4-2-3-5-13(11)15(17)18/h2-7,10,14H,8-9H2,1H3. The number of nitrogens with zero attached hydrogens (tertiary/aromatic N) is 1. The van der Waals surface area contributed by atoms with Crippen LogP contribution in [0.25, 0.3) is 0 Å². The Morgan fingerprint density at radius 3 is 2.86 bits per heavy atom. The second-order valence-corrected chi connectivity index (χ2v) is 5.76. The van der Waals surface area contributed by atoms with E-state index in [0.717, 1.165) is 16.7 Å². The van der Waals surface area contributed by atoms with Crippen molar-refractivity contribution in [3.63, 3.8) is 0 Å². The monoisotopic (exact) mass is 301 g/mol. The van der Waals surface area contributed by atoms with Crippen molar-refractivity contribution in [3.05, 3.63) is 57.8 Å². The van der Waals surface area contributed by atoms with Crippen molar-refractivity contribution >= 4 is 23.2 Å². The second-order valence-electron chi connectivity index (χ2n) is 4.98. The lowest BCUT2D eigenvalue weighted by Crippen LogP contribution is -2.32. The van der Waals surface area contributed by atoms with Gasteiger partial charge in [-0.2, -0.15) is 11.3 Å². The molecule has 0 radical (unpaired) electrons. The minimum atomic E-state index is -0.431. The zero-order valence-electron chi connectivity index (χ0n) is 11.6. The third-order valence-electron chi connectivity index (χ3n) is 3.73. The maximum absolute atomic E-state index is 12.4. The van der Waals surface area contributed by atoms with Gasteiger partial charge in [-0.3, -0.25) is 9.59 Å². The fraction of sp³-hybridized carbons (Fsp3) is 0.250. The van der Waals surface area contributed by atoms with Gasteiger partial charge in [0.25, 0.3) is 5.91 Å². The molecule has 1 aliphatic heterocycles. The van der Waals surface area contributed by atoms with Gasteiger partial charge in [0.05, 0.1) is 7.11 Å². The van der Waals surface area contributed by atoms with Crippen LogP contribution in [0.2, 0.25) is 0 Å². The summed E-state index contributed by atoms with van der Waals surface area (Å²) in [5.41, 5.74) is 2.64. The average molecular weight is 301 g/mol. The number of ether oxygens (including phenoxy) is 1. The van der Waals surface area contributed by atoms with E-state index in [1.807, 2.05) is 41.1 Å². The molecule has 0 saturated heterocycles. The first kappa shape index (κ1) is 13.8. The SMILES string of the molecule is COC(=O)C(CN1Cc2ccccc2C1=O)c1ccsc1. The fourth-order valence-electron chi connectivity index (χ4n) is 2.61. The number of esters is 1. The van der Waals surface area contributed by atoms with E-state index in [-0.39, 0.29) is 11.9 Å². The van der Waals surface area contributed by atoms with E-state index in [1.165, 1.54) is 18.4 Å². The Morgan fingerprint density at radius 1 is 1.38 bits per heavy atom. The van der Waals surface area contributed by atoms with Crippen LogP contribution in [0.3, 0.4) is 0 Å². The Hall–Kier alpha value is -2.14. The molecule has 0 N–H and O–H groups in total. The van der Waals surface area contributed by atoms with Gasteiger partial charge in [-0.15, -0.1) is 0 Å². The normalized spacial score (nSPS) is 14.9. The first-order valence-corrected chi connectivity index (χ1v) is 7.62. The average Bonchev–Trinajstić information content (AvgIpc) is 3.13. The molecule has 1 amide bonds. The fourth-order valence-corrected chi connectivity index (χ4v) is 3.33. The van der Waals surface area contributed by atoms with Gasteiger partial charge in [-0.25, -0.2) is 0 Å². The maximum Gasteiger partial charge on any atom is 0.314 e. The Morgan fingerprint density at radius 2 is 2.19 bits per heavy atom. The highest BCUT2D eigenvalue weighted by molar-refractivity contribution is 7.08. The highest BCUT2D eigenvalue weighted by atomic mass is 32.1. The lowest BCUT2D eigenvalue weighted by Gasteiger charge is -2.21. The van der Waals surface area contributed by atoms with E-state index >= 15 is 0 Å². The van der Waals surface area contributed by atoms with E-state index in [1.54, 1.807) is 4.90 Å². The Balaban J connectivity index is 1.82. The predicted molar refractivity (Wildman–Crippen MR) is 80.3 cm³/mol. The van der Waals surface area contributed by atoms with Gasteiger partial charge in [0.15, 0.2) is 0 Å². The van der Waals surface area contributed by atoms with Crippen LogP contribution in [0.4, 0.5) is 0 Å². The lowest BCUT2D eigenvalue weighted by atomic mass is 10.0. The molecule has 21 heavy (non-hydrogen) atoms. The Bertz CT molecular complexity index is 666. The number of amides is 1. The molecule has 4 nitrogen and oxygen atoms in total. The van der Waals surface area contributed by atoms with E-state index in [2.05, 4.69) is 0 Å². The molecule has 0 aliphatic carbocycles. The molecule has 1 aromatic heterocycles. The van der Waals surface area contributed by atoms with Gasteiger partial charge in [-0.05, 0) is 34.0 Å². The topological polar surface area (TPSA) is 46.6 Å². The van der Waals surface area contributed by atoms with Gasteiger partial charge < -0.3 is 9.64 Å². The van der Waals surface area contributed by atoms with Crippen molar-refractivity contribution in [3.8, 4) is 0 Å². The van der Waals surface area contributed by atoms with Crippen LogP contribution in [-0.2, 0) is 16.1 Å². The molecule has 5 heteroatoms. The van der Waals surface area contributed by atoms with Gasteiger partial charge in [0, 0.05) is 18.7 Å². The first-order valence-electron chi connectivity index (χ1n) is 6.68. The summed E-state index contributed by atoms with van der Waals surface area (Å²) in [4.78, 5) is 26.1. The minimum Gasteiger partial charge on any atom is -0.468 e. The molecule has 3 rings (SSSR count). The number of fused-ring (bicyclic) bond motifs is 1. The predicted octanol–water partition coefficient (Wildman–Crippen LogP) is 2.66. The minimum absolute atomic E-state index is 0.0188. The summed E-state index contributed by atoms with van der Waals surface area (Å²) >= 11 is 1.53. The molecule has 0 spiro atoms. The van der Waals surface area contributed by atoms with Crippen LogP contribution in [0.1, 0.15) is 27.4 Å². The quantitative estimate of drug-likeness (QED) is 0.816. The summed E-state index contributed by atoms with van der Waals surface area (Å²) in [6.45, 7) is 0.892. The number of hydrogen-bond donors (Lipinski definition) is 0. The van der Waals surface area contributed by atoms with Gasteiger partial charge >= 0.3 is 5.97 Å². The van der Waals surface area contributed by atoms with Crippen LogP contribution >= 0.6 is 11.3 Å². The first-order chi connectivity index (χ1) is 10.2. The molecule has 108 valence electrons. The maximum atomic E-state index is 12.4. The molecule has 1 unspecified atom stereocenters. The zero-order chi connectivity index (χ0) is 14.8. The van der Waals surface area contributed by atoms with Crippen LogP contribution in [0.5, 0.6) is 0 Å². The molecule has 2 heterocycles. The molecule has 0 saturated carbocycles. The number of rotatable bonds is 4. The van der Waals surface area contributed by atoms with Crippen LogP contribution in [0, 0.1) is 0 Å².